The maximum atomic E-state index is 12.1. The fourth-order valence-corrected chi connectivity index (χ4v) is 2.78. The largest absolute Gasteiger partial charge is 0.461 e. The van der Waals surface area contributed by atoms with E-state index < -0.39 is 5.97 Å². The van der Waals surface area contributed by atoms with Crippen molar-refractivity contribution in [2.75, 3.05) is 26.4 Å². The van der Waals surface area contributed by atoms with Gasteiger partial charge in [-0.05, 0) is 25.2 Å². The third-order valence-corrected chi connectivity index (χ3v) is 4.38. The highest BCUT2D eigenvalue weighted by molar-refractivity contribution is 7.11. The summed E-state index contributed by atoms with van der Waals surface area (Å²) in [6.07, 6.45) is 1.86. The predicted octanol–water partition coefficient (Wildman–Crippen LogP) is 1.87. The minimum Gasteiger partial charge on any atom is -0.461 e. The first-order chi connectivity index (χ1) is 10.0. The summed E-state index contributed by atoms with van der Waals surface area (Å²) in [6, 6.07) is 0. The first-order valence-corrected chi connectivity index (χ1v) is 7.91. The van der Waals surface area contributed by atoms with Crippen LogP contribution >= 0.6 is 11.3 Å². The van der Waals surface area contributed by atoms with Crippen LogP contribution in [0, 0.1) is 5.41 Å². The molecule has 0 aliphatic carbocycles. The zero-order valence-corrected chi connectivity index (χ0v) is 13.1. The Kier molecular flexibility index (Phi) is 5.30. The van der Waals surface area contributed by atoms with Crippen molar-refractivity contribution >= 4 is 23.2 Å². The van der Waals surface area contributed by atoms with Gasteiger partial charge in [-0.25, -0.2) is 9.78 Å². The highest BCUT2D eigenvalue weighted by Crippen LogP contribution is 2.28. The molecule has 1 aromatic heterocycles. The Labute approximate surface area is 127 Å². The van der Waals surface area contributed by atoms with Gasteiger partial charge in [0.2, 0.25) is 5.01 Å². The van der Waals surface area contributed by atoms with Gasteiger partial charge in [0.15, 0.2) is 0 Å². The summed E-state index contributed by atoms with van der Waals surface area (Å²) >= 11 is 1.12. The van der Waals surface area contributed by atoms with Crippen LogP contribution in [0.15, 0.2) is 5.38 Å². The molecule has 21 heavy (non-hydrogen) atoms. The molecule has 0 radical (unpaired) electrons. The first-order valence-electron chi connectivity index (χ1n) is 7.03. The molecule has 0 aromatic carbocycles. The van der Waals surface area contributed by atoms with Crippen LogP contribution in [0.3, 0.4) is 0 Å². The lowest BCUT2D eigenvalue weighted by Crippen LogP contribution is -2.39. The Hall–Kier alpha value is -1.47. The minimum absolute atomic E-state index is 0.0634. The second kappa shape index (κ2) is 7.00. The van der Waals surface area contributed by atoms with Gasteiger partial charge in [-0.1, -0.05) is 6.92 Å². The average molecular weight is 312 g/mol. The zero-order chi connectivity index (χ0) is 15.3. The van der Waals surface area contributed by atoms with Crippen LogP contribution in [-0.4, -0.2) is 43.2 Å². The van der Waals surface area contributed by atoms with E-state index in [9.17, 15) is 9.59 Å². The second-order valence-corrected chi connectivity index (χ2v) is 6.22. The second-order valence-electron chi connectivity index (χ2n) is 5.36. The van der Waals surface area contributed by atoms with Crippen LogP contribution in [-0.2, 0) is 9.47 Å². The van der Waals surface area contributed by atoms with E-state index in [0.717, 1.165) is 37.4 Å². The van der Waals surface area contributed by atoms with E-state index in [1.807, 2.05) is 0 Å². The molecule has 1 amide bonds. The molecule has 7 heteroatoms. The zero-order valence-electron chi connectivity index (χ0n) is 12.3. The summed E-state index contributed by atoms with van der Waals surface area (Å²) in [7, 11) is 0. The average Bonchev–Trinajstić information content (AvgIpc) is 2.96. The number of hydrogen-bond donors (Lipinski definition) is 1. The minimum atomic E-state index is -0.488. The molecule has 2 rings (SSSR count). The van der Waals surface area contributed by atoms with Crippen molar-refractivity contribution in [2.45, 2.75) is 26.7 Å². The van der Waals surface area contributed by atoms with Gasteiger partial charge in [0.1, 0.15) is 5.69 Å². The molecular formula is C14H20N2O4S. The fraction of sp³-hybridized carbons (Fsp3) is 0.643. The molecule has 2 heterocycles. The molecule has 1 aromatic rings. The van der Waals surface area contributed by atoms with Crippen molar-refractivity contribution in [3.63, 3.8) is 0 Å². The number of carbonyl (C=O) groups is 2. The maximum absolute atomic E-state index is 12.1. The van der Waals surface area contributed by atoms with E-state index in [-0.39, 0.29) is 22.0 Å². The SMILES string of the molecule is CCOC(=O)c1nc(C(=O)NCC2(C)CCOCC2)cs1. The first kappa shape index (κ1) is 15.9. The van der Waals surface area contributed by atoms with Crippen LogP contribution in [0.5, 0.6) is 0 Å². The smallest absolute Gasteiger partial charge is 0.367 e. The van der Waals surface area contributed by atoms with Crippen molar-refractivity contribution in [3.8, 4) is 0 Å². The third kappa shape index (κ3) is 4.25. The van der Waals surface area contributed by atoms with Crippen molar-refractivity contribution in [3.05, 3.63) is 16.1 Å². The third-order valence-electron chi connectivity index (χ3n) is 3.56. The number of ether oxygens (including phenoxy) is 2. The molecule has 1 saturated heterocycles. The molecule has 1 aliphatic heterocycles. The van der Waals surface area contributed by atoms with Crippen molar-refractivity contribution in [2.24, 2.45) is 5.41 Å². The molecule has 1 aliphatic rings. The molecular weight excluding hydrogens is 292 g/mol. The molecule has 0 unspecified atom stereocenters. The molecule has 1 N–H and O–H groups in total. The van der Waals surface area contributed by atoms with Gasteiger partial charge in [-0.15, -0.1) is 11.3 Å². The van der Waals surface area contributed by atoms with E-state index in [2.05, 4.69) is 17.2 Å². The topological polar surface area (TPSA) is 77.5 Å². The van der Waals surface area contributed by atoms with Gasteiger partial charge >= 0.3 is 5.97 Å². The fourth-order valence-electron chi connectivity index (χ4n) is 2.09. The molecule has 0 saturated carbocycles. The quantitative estimate of drug-likeness (QED) is 0.840. The van der Waals surface area contributed by atoms with Gasteiger partial charge in [0, 0.05) is 25.1 Å². The Morgan fingerprint density at radius 3 is 2.86 bits per heavy atom. The van der Waals surface area contributed by atoms with Crippen molar-refractivity contribution in [1.82, 2.24) is 10.3 Å². The molecule has 0 spiro atoms. The number of nitrogens with zero attached hydrogens (tertiary/aromatic N) is 1. The number of amides is 1. The lowest BCUT2D eigenvalue weighted by atomic mass is 9.82. The van der Waals surface area contributed by atoms with Crippen LogP contribution in [0.25, 0.3) is 0 Å². The molecule has 116 valence electrons. The van der Waals surface area contributed by atoms with E-state index in [1.54, 1.807) is 12.3 Å². The lowest BCUT2D eigenvalue weighted by Gasteiger charge is -2.33. The van der Waals surface area contributed by atoms with Gasteiger partial charge in [-0.2, -0.15) is 0 Å². The van der Waals surface area contributed by atoms with Gasteiger partial charge in [0.25, 0.3) is 5.91 Å². The van der Waals surface area contributed by atoms with Crippen molar-refractivity contribution in [1.29, 1.82) is 0 Å². The number of thiazole rings is 1. The number of carbonyl (C=O) groups excluding carboxylic acids is 2. The Morgan fingerprint density at radius 2 is 2.19 bits per heavy atom. The van der Waals surface area contributed by atoms with Crippen LogP contribution in [0.4, 0.5) is 0 Å². The number of esters is 1. The van der Waals surface area contributed by atoms with Crippen molar-refractivity contribution < 1.29 is 19.1 Å². The Morgan fingerprint density at radius 1 is 1.48 bits per heavy atom. The highest BCUT2D eigenvalue weighted by Gasteiger charge is 2.28. The monoisotopic (exact) mass is 312 g/mol. The van der Waals surface area contributed by atoms with Crippen LogP contribution < -0.4 is 5.32 Å². The number of rotatable bonds is 5. The van der Waals surface area contributed by atoms with E-state index in [4.69, 9.17) is 9.47 Å². The van der Waals surface area contributed by atoms with Gasteiger partial charge in [-0.3, -0.25) is 4.79 Å². The summed E-state index contributed by atoms with van der Waals surface area (Å²) < 4.78 is 10.2. The Bertz CT molecular complexity index is 509. The number of hydrogen-bond acceptors (Lipinski definition) is 6. The summed E-state index contributed by atoms with van der Waals surface area (Å²) in [6.45, 7) is 6.21. The van der Waals surface area contributed by atoms with Crippen LogP contribution in [0.2, 0.25) is 0 Å². The van der Waals surface area contributed by atoms with E-state index in [1.165, 1.54) is 0 Å². The number of nitrogens with one attached hydrogen (secondary N) is 1. The standard InChI is InChI=1S/C14H20N2O4S/c1-3-20-13(18)12-16-10(8-21-12)11(17)15-9-14(2)4-6-19-7-5-14/h8H,3-7,9H2,1-2H3,(H,15,17). The van der Waals surface area contributed by atoms with E-state index >= 15 is 0 Å². The van der Waals surface area contributed by atoms with Crippen LogP contribution in [0.1, 0.15) is 47.0 Å². The number of aromatic nitrogens is 1. The lowest BCUT2D eigenvalue weighted by molar-refractivity contribution is 0.0238. The molecule has 6 nitrogen and oxygen atoms in total. The summed E-state index contributed by atoms with van der Waals surface area (Å²) in [5, 5.41) is 4.68. The summed E-state index contributed by atoms with van der Waals surface area (Å²) in [5.41, 5.74) is 0.326. The van der Waals surface area contributed by atoms with Gasteiger partial charge in [0.05, 0.1) is 6.61 Å². The molecule has 0 bridgehead atoms. The summed E-state index contributed by atoms with van der Waals surface area (Å²) in [4.78, 5) is 27.6. The molecule has 0 atom stereocenters. The maximum Gasteiger partial charge on any atom is 0.367 e. The Balaban J connectivity index is 1.90. The molecule has 1 fully saturated rings. The normalized spacial score (nSPS) is 17.2. The van der Waals surface area contributed by atoms with E-state index in [0.29, 0.717) is 13.2 Å². The predicted molar refractivity (Wildman–Crippen MR) is 78.6 cm³/mol. The highest BCUT2D eigenvalue weighted by atomic mass is 32.1. The van der Waals surface area contributed by atoms with Gasteiger partial charge < -0.3 is 14.8 Å². The summed E-state index contributed by atoms with van der Waals surface area (Å²) in [5.74, 6) is -0.743.